The molecule has 1 saturated carbocycles. The van der Waals surface area contributed by atoms with Gasteiger partial charge in [-0.1, -0.05) is 74.9 Å². The van der Waals surface area contributed by atoms with Gasteiger partial charge in [0.15, 0.2) is 0 Å². The lowest BCUT2D eigenvalue weighted by Gasteiger charge is -2.41. The first-order chi connectivity index (χ1) is 21.9. The fraction of sp³-hybridized carbons (Fsp3) is 0.250. The average Bonchev–Trinajstić information content (AvgIpc) is 3.50. The molecule has 0 bridgehead atoms. The number of ether oxygens (including phenoxy) is 2. The third-order valence-corrected chi connectivity index (χ3v) is 9.49. The summed E-state index contributed by atoms with van der Waals surface area (Å²) in [5.41, 5.74) is 8.71. The van der Waals surface area contributed by atoms with Gasteiger partial charge in [0, 0.05) is 28.8 Å². The van der Waals surface area contributed by atoms with Crippen molar-refractivity contribution in [1.82, 2.24) is 4.98 Å². The van der Waals surface area contributed by atoms with E-state index in [1.54, 1.807) is 0 Å². The topological polar surface area (TPSA) is 47.0 Å². The average molecular weight is 592 g/mol. The number of benzene rings is 4. The first-order valence-corrected chi connectivity index (χ1v) is 16.0. The van der Waals surface area contributed by atoms with Crippen molar-refractivity contribution in [3.8, 4) is 22.6 Å². The van der Waals surface area contributed by atoms with Crippen molar-refractivity contribution >= 4 is 23.1 Å². The molecule has 1 aliphatic carbocycles. The predicted octanol–water partition coefficient (Wildman–Crippen LogP) is 10.0. The third-order valence-electron chi connectivity index (χ3n) is 9.49. The zero-order valence-electron chi connectivity index (χ0n) is 26.0. The molecule has 2 atom stereocenters. The van der Waals surface area contributed by atoms with E-state index in [9.17, 15) is 0 Å². The van der Waals surface area contributed by atoms with E-state index >= 15 is 0 Å². The van der Waals surface area contributed by atoms with Crippen LogP contribution in [0.3, 0.4) is 0 Å². The number of hydrogen-bond donors (Lipinski definition) is 0. The smallest absolute Gasteiger partial charge is 0.216 e. The van der Waals surface area contributed by atoms with Crippen molar-refractivity contribution in [2.45, 2.75) is 64.0 Å². The Bertz CT molecular complexity index is 1880. The van der Waals surface area contributed by atoms with Gasteiger partial charge in [-0.25, -0.2) is 9.98 Å². The first-order valence-electron chi connectivity index (χ1n) is 16.0. The summed E-state index contributed by atoms with van der Waals surface area (Å²) >= 11 is 0. The quantitative estimate of drug-likeness (QED) is 0.204. The van der Waals surface area contributed by atoms with Gasteiger partial charge in [0.05, 0.1) is 17.4 Å². The highest BCUT2D eigenvalue weighted by Crippen LogP contribution is 2.51. The van der Waals surface area contributed by atoms with E-state index < -0.39 is 0 Å². The molecule has 0 spiro atoms. The van der Waals surface area contributed by atoms with E-state index in [0.717, 1.165) is 69.7 Å². The SMILES string of the molecule is Cc1cc(Oc2cc(C3=N[C@@H]4CCCC[C@@H]4O3)cc(-c3ccccc3)c2)cc(N2c3ccccc3C(C)(C)c3cccnc32)c1. The number of fused-ring (bicyclic) bond motifs is 3. The second-order valence-corrected chi connectivity index (χ2v) is 13.0. The first kappa shape index (κ1) is 27.6. The number of aromatic nitrogens is 1. The van der Waals surface area contributed by atoms with Crippen LogP contribution in [0, 0.1) is 6.92 Å². The Morgan fingerprint density at radius 3 is 2.38 bits per heavy atom. The van der Waals surface area contributed by atoms with Crippen LogP contribution >= 0.6 is 0 Å². The number of pyridine rings is 1. The third kappa shape index (κ3) is 4.97. The van der Waals surface area contributed by atoms with Crippen molar-refractivity contribution in [2.75, 3.05) is 4.90 Å². The number of rotatable bonds is 5. The van der Waals surface area contributed by atoms with Crippen LogP contribution in [0.1, 0.15) is 61.8 Å². The maximum absolute atomic E-state index is 6.73. The molecule has 1 fully saturated rings. The van der Waals surface area contributed by atoms with Crippen molar-refractivity contribution in [2.24, 2.45) is 4.99 Å². The molecule has 0 saturated heterocycles. The second-order valence-electron chi connectivity index (χ2n) is 13.0. The van der Waals surface area contributed by atoms with Crippen LogP contribution in [0.4, 0.5) is 17.2 Å². The molecule has 8 rings (SSSR count). The van der Waals surface area contributed by atoms with Gasteiger partial charge in [-0.3, -0.25) is 4.90 Å². The Morgan fingerprint density at radius 2 is 1.51 bits per heavy atom. The summed E-state index contributed by atoms with van der Waals surface area (Å²) in [6.07, 6.45) is 6.65. The molecule has 0 unspecified atom stereocenters. The highest BCUT2D eigenvalue weighted by molar-refractivity contribution is 5.97. The van der Waals surface area contributed by atoms with Crippen molar-refractivity contribution < 1.29 is 9.47 Å². The Hall–Kier alpha value is -4.90. The number of nitrogens with zero attached hydrogens (tertiary/aromatic N) is 3. The number of aryl methyl sites for hydroxylation is 1. The normalized spacial score (nSPS) is 19.5. The standard InChI is InChI=1S/C40H37N3O2/c1-26-20-30(43-36-17-9-7-14-33(36)40(2,3)34-15-11-19-41-38(34)43)25-31(21-26)44-32-23-28(27-12-5-4-6-13-27)22-29(24-32)39-42-35-16-8-10-18-37(35)45-39/h4-7,9,11-15,17,19-25,35,37H,8,10,16,18H2,1-3H3/t35-,37+/m1/s1. The molecule has 3 heterocycles. The molecule has 2 aliphatic heterocycles. The number of aliphatic imine (C=N–C) groups is 1. The number of anilines is 3. The Kier molecular flexibility index (Phi) is 6.71. The Morgan fingerprint density at radius 1 is 0.756 bits per heavy atom. The monoisotopic (exact) mass is 591 g/mol. The summed E-state index contributed by atoms with van der Waals surface area (Å²) in [4.78, 5) is 12.2. The van der Waals surface area contributed by atoms with Gasteiger partial charge >= 0.3 is 0 Å². The fourth-order valence-electron chi connectivity index (χ4n) is 7.24. The van der Waals surface area contributed by atoms with Gasteiger partial charge in [0.25, 0.3) is 0 Å². The molecular formula is C40H37N3O2. The van der Waals surface area contributed by atoms with E-state index in [-0.39, 0.29) is 17.6 Å². The van der Waals surface area contributed by atoms with Crippen LogP contribution in [-0.4, -0.2) is 23.0 Å². The van der Waals surface area contributed by atoms with Gasteiger partial charge in [0.2, 0.25) is 5.90 Å². The van der Waals surface area contributed by atoms with E-state index in [2.05, 4.69) is 117 Å². The second kappa shape index (κ2) is 10.9. The van der Waals surface area contributed by atoms with E-state index in [1.807, 2.05) is 18.3 Å². The summed E-state index contributed by atoms with van der Waals surface area (Å²) in [5.74, 6) is 3.20. The zero-order valence-corrected chi connectivity index (χ0v) is 26.0. The lowest BCUT2D eigenvalue weighted by atomic mass is 9.74. The van der Waals surface area contributed by atoms with E-state index in [4.69, 9.17) is 19.5 Å². The van der Waals surface area contributed by atoms with Gasteiger partial charge in [-0.2, -0.15) is 0 Å². The fourth-order valence-corrected chi connectivity index (χ4v) is 7.24. The number of hydrogen-bond acceptors (Lipinski definition) is 5. The molecular weight excluding hydrogens is 554 g/mol. The lowest BCUT2D eigenvalue weighted by Crippen LogP contribution is -2.31. The van der Waals surface area contributed by atoms with E-state index in [1.165, 1.54) is 24.0 Å². The molecule has 0 N–H and O–H groups in total. The highest BCUT2D eigenvalue weighted by atomic mass is 16.5. The van der Waals surface area contributed by atoms with Crippen LogP contribution in [0.5, 0.6) is 11.5 Å². The lowest BCUT2D eigenvalue weighted by molar-refractivity contribution is 0.153. The van der Waals surface area contributed by atoms with Crippen LogP contribution in [-0.2, 0) is 10.2 Å². The molecule has 1 aromatic heterocycles. The molecule has 3 aliphatic rings. The molecule has 5 aromatic rings. The summed E-state index contributed by atoms with van der Waals surface area (Å²) < 4.78 is 13.2. The highest BCUT2D eigenvalue weighted by Gasteiger charge is 2.38. The van der Waals surface area contributed by atoms with Crippen LogP contribution in [0.25, 0.3) is 11.1 Å². The minimum Gasteiger partial charge on any atom is -0.472 e. The molecule has 5 heteroatoms. The molecule has 4 aromatic carbocycles. The molecule has 45 heavy (non-hydrogen) atoms. The minimum absolute atomic E-state index is 0.170. The van der Waals surface area contributed by atoms with E-state index in [0.29, 0.717) is 0 Å². The maximum Gasteiger partial charge on any atom is 0.216 e. The number of para-hydroxylation sites is 1. The van der Waals surface area contributed by atoms with Gasteiger partial charge in [0.1, 0.15) is 23.4 Å². The summed E-state index contributed by atoms with van der Waals surface area (Å²) in [6.45, 7) is 6.67. The zero-order chi connectivity index (χ0) is 30.5. The maximum atomic E-state index is 6.73. The minimum atomic E-state index is -0.170. The Balaban J connectivity index is 1.20. The predicted molar refractivity (Wildman–Crippen MR) is 181 cm³/mol. The Labute approximate surface area is 265 Å². The van der Waals surface area contributed by atoms with Crippen molar-refractivity contribution in [1.29, 1.82) is 0 Å². The van der Waals surface area contributed by atoms with Crippen molar-refractivity contribution in [3.63, 3.8) is 0 Å². The van der Waals surface area contributed by atoms with Crippen molar-refractivity contribution in [3.05, 3.63) is 132 Å². The molecule has 5 nitrogen and oxygen atoms in total. The summed E-state index contributed by atoms with van der Waals surface area (Å²) in [5, 5.41) is 0. The summed E-state index contributed by atoms with van der Waals surface area (Å²) in [7, 11) is 0. The van der Waals surface area contributed by atoms with Gasteiger partial charge in [-0.15, -0.1) is 0 Å². The molecule has 0 amide bonds. The van der Waals surface area contributed by atoms with Crippen LogP contribution in [0.2, 0.25) is 0 Å². The van der Waals surface area contributed by atoms with Crippen LogP contribution in [0.15, 0.2) is 114 Å². The largest absolute Gasteiger partial charge is 0.472 e. The van der Waals surface area contributed by atoms with Gasteiger partial charge in [-0.05, 0) is 90.9 Å². The van der Waals surface area contributed by atoms with Gasteiger partial charge < -0.3 is 9.47 Å². The van der Waals surface area contributed by atoms with Crippen LogP contribution < -0.4 is 9.64 Å². The molecule has 224 valence electrons. The molecule has 0 radical (unpaired) electrons. The summed E-state index contributed by atoms with van der Waals surface area (Å²) in [6, 6.07) is 36.3.